The average Bonchev–Trinajstić information content (AvgIpc) is 2.97. The Morgan fingerprint density at radius 3 is 2.58 bits per heavy atom. The number of carbonyl (C=O) groups excluding carboxylic acids is 1. The molecule has 4 nitrogen and oxygen atoms in total. The molecule has 0 saturated carbocycles. The van der Waals surface area contributed by atoms with Gasteiger partial charge in [-0.1, -0.05) is 39.0 Å². The molecule has 9 heteroatoms. The third kappa shape index (κ3) is 4.79. The number of halogens is 2. The zero-order valence-electron chi connectivity index (χ0n) is 13.5. The fourth-order valence-corrected chi connectivity index (χ4v) is 4.81. The van der Waals surface area contributed by atoms with Crippen molar-refractivity contribution in [3.63, 3.8) is 0 Å². The summed E-state index contributed by atoms with van der Waals surface area (Å²) in [4.78, 5) is 12.4. The molecule has 0 saturated heterocycles. The van der Waals surface area contributed by atoms with Gasteiger partial charge in [0, 0.05) is 10.2 Å². The Morgan fingerprint density at radius 2 is 1.92 bits per heavy atom. The maximum Gasteiger partial charge on any atom is 0.237 e. The molecule has 0 unspecified atom stereocenters. The number of carbonyl (C=O) groups is 1. The highest BCUT2D eigenvalue weighted by Gasteiger charge is 2.17. The molecule has 134 valence electrons. The highest BCUT2D eigenvalue weighted by Crippen LogP contribution is 2.28. The molecule has 1 amide bonds. The van der Waals surface area contributed by atoms with Crippen molar-refractivity contribution in [2.45, 2.75) is 16.5 Å². The minimum atomic E-state index is -0.346. The molecule has 0 aliphatic carbocycles. The van der Waals surface area contributed by atoms with Gasteiger partial charge < -0.3 is 5.32 Å². The van der Waals surface area contributed by atoms with Crippen molar-refractivity contribution in [1.29, 1.82) is 0 Å². The second-order valence-electron chi connectivity index (χ2n) is 5.28. The number of thioether (sulfide) groups is 1. The summed E-state index contributed by atoms with van der Waals surface area (Å²) in [6, 6.07) is 13.3. The van der Waals surface area contributed by atoms with Crippen molar-refractivity contribution in [2.24, 2.45) is 0 Å². The molecule has 3 rings (SSSR count). The van der Waals surface area contributed by atoms with E-state index in [1.807, 2.05) is 31.2 Å². The van der Waals surface area contributed by atoms with Crippen LogP contribution in [0.15, 0.2) is 57.3 Å². The van der Waals surface area contributed by atoms with E-state index in [9.17, 15) is 9.18 Å². The summed E-state index contributed by atoms with van der Waals surface area (Å²) in [5.41, 5.74) is 1.42. The van der Waals surface area contributed by atoms with E-state index in [0.717, 1.165) is 10.2 Å². The van der Waals surface area contributed by atoms with Crippen molar-refractivity contribution >= 4 is 62.8 Å². The van der Waals surface area contributed by atoms with Gasteiger partial charge in [-0.25, -0.2) is 9.07 Å². The number of rotatable bonds is 5. The maximum atomic E-state index is 13.1. The molecule has 0 radical (unpaired) electrons. The van der Waals surface area contributed by atoms with E-state index in [1.165, 1.54) is 35.2 Å². The number of hydrogen-bond acceptors (Lipinski definition) is 5. The third-order valence-electron chi connectivity index (χ3n) is 3.36. The number of amides is 1. The summed E-state index contributed by atoms with van der Waals surface area (Å²) >= 11 is 11.3. The largest absolute Gasteiger partial charge is 0.325 e. The lowest BCUT2D eigenvalue weighted by Crippen LogP contribution is -2.22. The standard InChI is InChI=1S/C17H13BrFN3OS3/c1-10(15(23)20-13-6-2-11(18)3-7-13)25-16-21-22(17(24)26-16)14-8-4-12(19)5-9-14/h2-10H,1H3,(H,20,23)/t10-/m1/s1. The molecule has 1 heterocycles. The van der Waals surface area contributed by atoms with Crippen LogP contribution in [0.3, 0.4) is 0 Å². The van der Waals surface area contributed by atoms with Gasteiger partial charge in [-0.15, -0.1) is 5.10 Å². The Hall–Kier alpha value is -1.55. The van der Waals surface area contributed by atoms with Crippen molar-refractivity contribution in [3.8, 4) is 5.69 Å². The molecule has 26 heavy (non-hydrogen) atoms. The Bertz CT molecular complexity index is 970. The minimum Gasteiger partial charge on any atom is -0.325 e. The number of anilines is 1. The maximum absolute atomic E-state index is 13.1. The molecular weight excluding hydrogens is 457 g/mol. The van der Waals surface area contributed by atoms with Gasteiger partial charge in [0.15, 0.2) is 8.29 Å². The Balaban J connectivity index is 1.69. The van der Waals surface area contributed by atoms with Crippen LogP contribution in [-0.4, -0.2) is 20.9 Å². The van der Waals surface area contributed by atoms with Gasteiger partial charge in [-0.05, 0) is 67.7 Å². The molecule has 1 aromatic heterocycles. The van der Waals surface area contributed by atoms with Crippen LogP contribution in [0, 0.1) is 9.77 Å². The lowest BCUT2D eigenvalue weighted by atomic mass is 10.3. The van der Waals surface area contributed by atoms with Gasteiger partial charge in [-0.2, -0.15) is 0 Å². The molecule has 3 aromatic rings. The van der Waals surface area contributed by atoms with Crippen LogP contribution < -0.4 is 5.32 Å². The monoisotopic (exact) mass is 469 g/mol. The molecule has 0 bridgehead atoms. The smallest absolute Gasteiger partial charge is 0.237 e. The average molecular weight is 470 g/mol. The minimum absolute atomic E-state index is 0.119. The lowest BCUT2D eigenvalue weighted by molar-refractivity contribution is -0.115. The van der Waals surface area contributed by atoms with E-state index in [-0.39, 0.29) is 17.0 Å². The van der Waals surface area contributed by atoms with Crippen molar-refractivity contribution in [2.75, 3.05) is 5.32 Å². The summed E-state index contributed by atoms with van der Waals surface area (Å²) < 4.78 is 16.8. The number of benzene rings is 2. The Kier molecular flexibility index (Phi) is 6.23. The molecular formula is C17H13BrFN3OS3. The highest BCUT2D eigenvalue weighted by atomic mass is 79.9. The Morgan fingerprint density at radius 1 is 1.27 bits per heavy atom. The highest BCUT2D eigenvalue weighted by molar-refractivity contribution is 9.10. The van der Waals surface area contributed by atoms with Crippen LogP contribution in [0.2, 0.25) is 0 Å². The first-order chi connectivity index (χ1) is 12.4. The predicted molar refractivity (Wildman–Crippen MR) is 110 cm³/mol. The second-order valence-corrected chi connectivity index (χ2v) is 9.40. The molecule has 0 aliphatic heterocycles. The number of nitrogens with zero attached hydrogens (tertiary/aromatic N) is 2. The number of hydrogen-bond donors (Lipinski definition) is 1. The van der Waals surface area contributed by atoms with Gasteiger partial charge in [0.25, 0.3) is 0 Å². The predicted octanol–water partition coefficient (Wildman–Crippen LogP) is 5.68. The van der Waals surface area contributed by atoms with E-state index >= 15 is 0 Å². The molecule has 0 aliphatic rings. The summed E-state index contributed by atoms with van der Waals surface area (Å²) in [7, 11) is 0. The van der Waals surface area contributed by atoms with Crippen LogP contribution in [0.4, 0.5) is 10.1 Å². The fraction of sp³-hybridized carbons (Fsp3) is 0.118. The first-order valence-electron chi connectivity index (χ1n) is 7.51. The van der Waals surface area contributed by atoms with Crippen molar-refractivity contribution in [1.82, 2.24) is 9.78 Å². The molecule has 0 fully saturated rings. The number of aromatic nitrogens is 2. The van der Waals surface area contributed by atoms with Crippen LogP contribution >= 0.6 is 51.2 Å². The quantitative estimate of drug-likeness (QED) is 0.385. The zero-order valence-corrected chi connectivity index (χ0v) is 17.5. The van der Waals surface area contributed by atoms with Crippen LogP contribution in [0.25, 0.3) is 5.69 Å². The third-order valence-corrected chi connectivity index (χ3v) is 6.30. The summed E-state index contributed by atoms with van der Waals surface area (Å²) in [5.74, 6) is -0.435. The van der Waals surface area contributed by atoms with Gasteiger partial charge >= 0.3 is 0 Å². The van der Waals surface area contributed by atoms with Gasteiger partial charge in [-0.3, -0.25) is 4.79 Å². The van der Waals surface area contributed by atoms with Crippen LogP contribution in [0.1, 0.15) is 6.92 Å². The summed E-state index contributed by atoms with van der Waals surface area (Å²) in [6.07, 6.45) is 0. The van der Waals surface area contributed by atoms with Crippen LogP contribution in [-0.2, 0) is 4.79 Å². The Labute approximate surface area is 171 Å². The molecule has 0 spiro atoms. The lowest BCUT2D eigenvalue weighted by Gasteiger charge is -2.10. The molecule has 2 aromatic carbocycles. The van der Waals surface area contributed by atoms with E-state index in [2.05, 4.69) is 26.3 Å². The van der Waals surface area contributed by atoms with Gasteiger partial charge in [0.05, 0.1) is 10.9 Å². The fourth-order valence-electron chi connectivity index (χ4n) is 2.04. The van der Waals surface area contributed by atoms with E-state index in [1.54, 1.807) is 16.8 Å². The summed E-state index contributed by atoms with van der Waals surface area (Å²) in [6.45, 7) is 1.81. The van der Waals surface area contributed by atoms with E-state index in [0.29, 0.717) is 14.0 Å². The SMILES string of the molecule is C[C@@H](Sc1nn(-c2ccc(F)cc2)c(=S)s1)C(=O)Nc1ccc(Br)cc1. The summed E-state index contributed by atoms with van der Waals surface area (Å²) in [5, 5.41) is 6.96. The van der Waals surface area contributed by atoms with Gasteiger partial charge in [0.2, 0.25) is 5.91 Å². The molecule has 1 N–H and O–H groups in total. The van der Waals surface area contributed by atoms with Crippen molar-refractivity contribution < 1.29 is 9.18 Å². The van der Waals surface area contributed by atoms with E-state index in [4.69, 9.17) is 12.2 Å². The van der Waals surface area contributed by atoms with E-state index < -0.39 is 0 Å². The first kappa shape index (κ1) is 19.2. The second kappa shape index (κ2) is 8.43. The van der Waals surface area contributed by atoms with Crippen LogP contribution in [0.5, 0.6) is 0 Å². The first-order valence-corrected chi connectivity index (χ1v) is 10.4. The number of nitrogens with one attached hydrogen (secondary N) is 1. The van der Waals surface area contributed by atoms with Crippen molar-refractivity contribution in [3.05, 3.63) is 62.8 Å². The molecule has 1 atom stereocenters. The normalized spacial score (nSPS) is 12.0. The zero-order chi connectivity index (χ0) is 18.7. The van der Waals surface area contributed by atoms with Gasteiger partial charge in [0.1, 0.15) is 5.82 Å². The topological polar surface area (TPSA) is 46.9 Å².